The molecular weight excluding hydrogens is 689 g/mol. The number of aliphatic hydroxyl groups excluding tert-OH is 2. The molecule has 0 spiro atoms. The summed E-state index contributed by atoms with van der Waals surface area (Å²) in [5, 5.41) is 27.0. The fourth-order valence-electron chi connectivity index (χ4n) is 7.09. The van der Waals surface area contributed by atoms with E-state index in [0.717, 1.165) is 57.8 Å². The van der Waals surface area contributed by atoms with Crippen LogP contribution in [0.2, 0.25) is 0 Å². The summed E-state index contributed by atoms with van der Waals surface area (Å²) in [7, 11) is 0. The molecule has 0 heterocycles. The van der Waals surface area contributed by atoms with Crippen LogP contribution in [-0.4, -0.2) is 59.4 Å². The smallest absolute Gasteiger partial charge is 0.311 e. The number of nitrogens with one attached hydrogen (secondary N) is 2. The molecule has 0 bridgehead atoms. The molecule has 0 aromatic rings. The number of amides is 2. The van der Waals surface area contributed by atoms with Gasteiger partial charge in [0.15, 0.2) is 0 Å². The second-order valence-electron chi connectivity index (χ2n) is 16.1. The Balaban J connectivity index is 1.60. The van der Waals surface area contributed by atoms with Crippen LogP contribution in [0.25, 0.3) is 0 Å². The second-order valence-corrected chi connectivity index (χ2v) is 16.1. The van der Waals surface area contributed by atoms with Gasteiger partial charge >= 0.3 is 5.97 Å². The molecular formula is C47H74N2O6. The monoisotopic (exact) mass is 763 g/mol. The molecule has 2 rings (SSSR count). The van der Waals surface area contributed by atoms with Crippen molar-refractivity contribution < 1.29 is 29.3 Å². The number of fused-ring (bicyclic) bond motifs is 1. The summed E-state index contributed by atoms with van der Waals surface area (Å²) in [4.78, 5) is 37.7. The van der Waals surface area contributed by atoms with E-state index in [4.69, 9.17) is 4.74 Å². The third-order valence-corrected chi connectivity index (χ3v) is 10.8. The largest absolute Gasteiger partial charge is 0.461 e. The molecule has 2 unspecified atom stereocenters. The van der Waals surface area contributed by atoms with Gasteiger partial charge in [0.1, 0.15) is 6.10 Å². The Morgan fingerprint density at radius 1 is 0.855 bits per heavy atom. The molecule has 2 amide bonds. The van der Waals surface area contributed by atoms with Crippen molar-refractivity contribution in [2.24, 2.45) is 29.1 Å². The van der Waals surface area contributed by atoms with Crippen LogP contribution in [-0.2, 0) is 19.1 Å². The third-order valence-electron chi connectivity index (χ3n) is 10.8. The summed E-state index contributed by atoms with van der Waals surface area (Å²) in [5.41, 5.74) is 0.665. The Labute approximate surface area is 333 Å². The van der Waals surface area contributed by atoms with Crippen molar-refractivity contribution in [1.29, 1.82) is 0 Å². The molecule has 0 aliphatic heterocycles. The molecule has 0 saturated heterocycles. The minimum atomic E-state index is -0.972. The average molecular weight is 763 g/mol. The molecule has 0 fully saturated rings. The Hall–Kier alpha value is -3.49. The zero-order chi connectivity index (χ0) is 40.5. The van der Waals surface area contributed by atoms with Gasteiger partial charge < -0.3 is 25.6 Å². The van der Waals surface area contributed by atoms with E-state index < -0.39 is 17.6 Å². The van der Waals surface area contributed by atoms with Gasteiger partial charge in [-0.3, -0.25) is 14.4 Å². The topological polar surface area (TPSA) is 125 Å². The van der Waals surface area contributed by atoms with Gasteiger partial charge in [-0.2, -0.15) is 0 Å². The fraction of sp³-hybridized carbons (Fsp3) is 0.638. The molecule has 0 saturated carbocycles. The van der Waals surface area contributed by atoms with E-state index in [-0.39, 0.29) is 61.0 Å². The number of rotatable bonds is 26. The fourth-order valence-corrected chi connectivity index (χ4v) is 7.09. The van der Waals surface area contributed by atoms with E-state index in [1.807, 2.05) is 20.8 Å². The lowest BCUT2D eigenvalue weighted by Gasteiger charge is -2.44. The molecule has 0 aromatic heterocycles. The number of allylic oxidation sites excluding steroid dienone is 13. The standard InChI is InChI=1S/C47H74N2O6/c1-7-9-10-11-12-13-14-15-16-17-18-19-20-21-22-23-24-25-43(52)48-30-31-49-44(53)35-40(51)34-39(50)28-29-41-37(4)26-27-38-32-36(3)33-42(45(38)41)55-46(54)47(5,6)8-2/h9-10,12-13,15-16,18-19,21-22,26-27,32,36-37,39-42,45,50-51H,7-8,11,14,17,20,23-25,28-31,33-35H2,1-6H3,(H,48,52)(H,49,53)/b10-9-,13-12-,16-15-,19-18-,22-21-/t36-,37-,39-,40+,41-,42?,45?/m0/s1. The zero-order valence-corrected chi connectivity index (χ0v) is 34.9. The van der Waals surface area contributed by atoms with Crippen LogP contribution in [0.4, 0.5) is 0 Å². The zero-order valence-electron chi connectivity index (χ0n) is 34.9. The lowest BCUT2D eigenvalue weighted by atomic mass is 9.65. The van der Waals surface area contributed by atoms with Crippen LogP contribution < -0.4 is 10.6 Å². The molecule has 55 heavy (non-hydrogen) atoms. The first kappa shape index (κ1) is 47.7. The molecule has 0 aromatic carbocycles. The van der Waals surface area contributed by atoms with E-state index in [9.17, 15) is 24.6 Å². The second kappa shape index (κ2) is 27.2. The van der Waals surface area contributed by atoms with Gasteiger partial charge in [0.2, 0.25) is 11.8 Å². The highest BCUT2D eigenvalue weighted by Gasteiger charge is 2.42. The van der Waals surface area contributed by atoms with Gasteiger partial charge in [-0.1, -0.05) is 107 Å². The van der Waals surface area contributed by atoms with Gasteiger partial charge in [-0.05, 0) is 114 Å². The Bertz CT molecular complexity index is 1350. The SMILES string of the molecule is CC/C=C\C/C=C\C/C=C\C/C=C\C/C=C\CCCC(=O)NCCNC(=O)C[C@H](O)C[C@@H](O)CC[C@@H]1C2C(=C[C@H](C)CC2OC(=O)C(C)(C)CC)C=C[C@@H]1C. The van der Waals surface area contributed by atoms with E-state index in [0.29, 0.717) is 31.7 Å². The van der Waals surface area contributed by atoms with E-state index >= 15 is 0 Å². The summed E-state index contributed by atoms with van der Waals surface area (Å²) in [6, 6.07) is 0. The highest BCUT2D eigenvalue weighted by molar-refractivity contribution is 5.77. The van der Waals surface area contributed by atoms with Crippen LogP contribution in [0.3, 0.4) is 0 Å². The molecule has 0 radical (unpaired) electrons. The number of esters is 1. The van der Waals surface area contributed by atoms with Crippen molar-refractivity contribution in [2.45, 2.75) is 150 Å². The van der Waals surface area contributed by atoms with Gasteiger partial charge in [-0.15, -0.1) is 0 Å². The maximum atomic E-state index is 13.1. The van der Waals surface area contributed by atoms with Crippen molar-refractivity contribution in [1.82, 2.24) is 10.6 Å². The number of ether oxygens (including phenoxy) is 1. The molecule has 308 valence electrons. The van der Waals surface area contributed by atoms with Crippen molar-refractivity contribution >= 4 is 17.8 Å². The van der Waals surface area contributed by atoms with E-state index in [2.05, 4.69) is 110 Å². The highest BCUT2D eigenvalue weighted by atomic mass is 16.5. The Morgan fingerprint density at radius 3 is 2.04 bits per heavy atom. The molecule has 2 aliphatic rings. The molecule has 8 heteroatoms. The van der Waals surface area contributed by atoms with E-state index in [1.54, 1.807) is 0 Å². The molecule has 7 atom stereocenters. The average Bonchev–Trinajstić information content (AvgIpc) is 3.14. The third kappa shape index (κ3) is 19.8. The number of aliphatic hydroxyl groups is 2. The maximum absolute atomic E-state index is 13.1. The first-order chi connectivity index (χ1) is 26.4. The van der Waals surface area contributed by atoms with E-state index in [1.165, 1.54) is 5.57 Å². The predicted octanol–water partition coefficient (Wildman–Crippen LogP) is 9.18. The molecule has 2 aliphatic carbocycles. The van der Waals surface area contributed by atoms with Crippen molar-refractivity contribution in [3.05, 3.63) is 84.6 Å². The lowest BCUT2D eigenvalue weighted by molar-refractivity contribution is -0.164. The summed E-state index contributed by atoms with van der Waals surface area (Å²) in [6.45, 7) is 12.9. The highest BCUT2D eigenvalue weighted by Crippen LogP contribution is 2.45. The van der Waals surface area contributed by atoms with Gasteiger partial charge in [0.25, 0.3) is 0 Å². The molecule has 4 N–H and O–H groups in total. The number of hydrogen-bond acceptors (Lipinski definition) is 6. The Kier molecular flexibility index (Phi) is 23.5. The normalized spacial score (nSPS) is 22.8. The number of carbonyl (C=O) groups excluding carboxylic acids is 3. The van der Waals surface area contributed by atoms with Gasteiger partial charge in [-0.25, -0.2) is 0 Å². The summed E-state index contributed by atoms with van der Waals surface area (Å²) < 4.78 is 6.20. The van der Waals surface area contributed by atoms with Crippen molar-refractivity contribution in [2.75, 3.05) is 13.1 Å². The molecule has 8 nitrogen and oxygen atoms in total. The van der Waals surface area contributed by atoms with Crippen LogP contribution in [0.15, 0.2) is 84.6 Å². The number of hydrogen-bond donors (Lipinski definition) is 4. The van der Waals surface area contributed by atoms with Crippen LogP contribution in [0.5, 0.6) is 0 Å². The van der Waals surface area contributed by atoms with Crippen LogP contribution in [0.1, 0.15) is 131 Å². The van der Waals surface area contributed by atoms with Gasteiger partial charge in [0.05, 0.1) is 24.0 Å². The maximum Gasteiger partial charge on any atom is 0.311 e. The first-order valence-corrected chi connectivity index (χ1v) is 21.1. The van der Waals surface area contributed by atoms with Crippen molar-refractivity contribution in [3.8, 4) is 0 Å². The minimum absolute atomic E-state index is 0.0489. The summed E-state index contributed by atoms with van der Waals surface area (Å²) in [5.74, 6) is 0.293. The summed E-state index contributed by atoms with van der Waals surface area (Å²) >= 11 is 0. The minimum Gasteiger partial charge on any atom is -0.461 e. The Morgan fingerprint density at radius 2 is 1.44 bits per heavy atom. The number of carbonyl (C=O) groups is 3. The quantitative estimate of drug-likeness (QED) is 0.0396. The predicted molar refractivity (Wildman–Crippen MR) is 226 cm³/mol. The number of unbranched alkanes of at least 4 members (excludes halogenated alkanes) is 1. The van der Waals surface area contributed by atoms with Gasteiger partial charge in [0, 0.05) is 25.4 Å². The van der Waals surface area contributed by atoms with Crippen molar-refractivity contribution in [3.63, 3.8) is 0 Å². The first-order valence-electron chi connectivity index (χ1n) is 21.1. The van der Waals surface area contributed by atoms with Crippen LogP contribution in [0, 0.1) is 29.1 Å². The lowest BCUT2D eigenvalue weighted by Crippen LogP contribution is -2.43. The summed E-state index contributed by atoms with van der Waals surface area (Å²) in [6.07, 6.45) is 36.0. The van der Waals surface area contributed by atoms with Crippen LogP contribution >= 0.6 is 0 Å².